The van der Waals surface area contributed by atoms with Crippen LogP contribution < -0.4 is 16.0 Å². The molecule has 0 radical (unpaired) electrons. The minimum absolute atomic E-state index is 0.0604. The first-order chi connectivity index (χ1) is 8.60. The topological polar surface area (TPSA) is 73.5 Å². The van der Waals surface area contributed by atoms with Gasteiger partial charge in [0, 0.05) is 40.0 Å². The minimum atomic E-state index is 0.0604. The van der Waals surface area contributed by atoms with Crippen molar-refractivity contribution in [3.63, 3.8) is 0 Å². The second kappa shape index (κ2) is 11.0. The maximum atomic E-state index is 11.0. The van der Waals surface area contributed by atoms with Crippen LogP contribution in [0.15, 0.2) is 0 Å². The van der Waals surface area contributed by atoms with Gasteiger partial charge in [0.1, 0.15) is 0 Å². The summed E-state index contributed by atoms with van der Waals surface area (Å²) in [7, 11) is 5.30. The van der Waals surface area contributed by atoms with Gasteiger partial charge in [0.05, 0.1) is 0 Å². The van der Waals surface area contributed by atoms with E-state index < -0.39 is 0 Å². The maximum absolute atomic E-state index is 11.0. The zero-order chi connectivity index (χ0) is 13.8. The largest absolute Gasteiger partial charge is 0.359 e. The van der Waals surface area contributed by atoms with Crippen molar-refractivity contribution in [2.75, 3.05) is 47.3 Å². The summed E-state index contributed by atoms with van der Waals surface area (Å²) in [5.74, 6) is 0.135. The number of amides is 2. The number of carbonyl (C=O) groups is 2. The monoisotopic (exact) mass is 258 g/mol. The Balaban J connectivity index is 3.32. The average molecular weight is 258 g/mol. The van der Waals surface area contributed by atoms with Gasteiger partial charge in [-0.2, -0.15) is 0 Å². The Morgan fingerprint density at radius 2 is 1.56 bits per heavy atom. The molecule has 6 nitrogen and oxygen atoms in total. The van der Waals surface area contributed by atoms with Crippen LogP contribution in [0.25, 0.3) is 0 Å². The Bertz CT molecular complexity index is 246. The molecule has 0 aliphatic carbocycles. The zero-order valence-corrected chi connectivity index (χ0v) is 11.7. The van der Waals surface area contributed by atoms with Gasteiger partial charge in [0.15, 0.2) is 0 Å². The quantitative estimate of drug-likeness (QED) is 0.447. The van der Waals surface area contributed by atoms with Gasteiger partial charge >= 0.3 is 0 Å². The highest BCUT2D eigenvalue weighted by atomic mass is 16.2. The Morgan fingerprint density at radius 1 is 0.944 bits per heavy atom. The molecule has 2 amide bonds. The molecule has 3 N–H and O–H groups in total. The number of nitrogens with zero attached hydrogens (tertiary/aromatic N) is 1. The molecule has 0 atom stereocenters. The van der Waals surface area contributed by atoms with Crippen LogP contribution >= 0.6 is 0 Å². The summed E-state index contributed by atoms with van der Waals surface area (Å²) in [6.07, 6.45) is 2.07. The predicted octanol–water partition coefficient (Wildman–Crippen LogP) is -0.830. The molecule has 0 aliphatic heterocycles. The van der Waals surface area contributed by atoms with Crippen LogP contribution in [0.1, 0.15) is 19.3 Å². The lowest BCUT2D eigenvalue weighted by atomic mass is 10.3. The first kappa shape index (κ1) is 16.9. The molecule has 0 spiro atoms. The molecule has 0 saturated heterocycles. The van der Waals surface area contributed by atoms with Crippen molar-refractivity contribution in [3.8, 4) is 0 Å². The second-order valence-corrected chi connectivity index (χ2v) is 4.25. The van der Waals surface area contributed by atoms with Crippen LogP contribution in [-0.4, -0.2) is 64.0 Å². The van der Waals surface area contributed by atoms with Crippen molar-refractivity contribution in [2.24, 2.45) is 0 Å². The lowest BCUT2D eigenvalue weighted by Gasteiger charge is -2.15. The van der Waals surface area contributed by atoms with Crippen LogP contribution in [0.3, 0.4) is 0 Å². The van der Waals surface area contributed by atoms with Crippen molar-refractivity contribution >= 4 is 11.8 Å². The molecule has 0 heterocycles. The Kier molecular flexibility index (Phi) is 10.3. The average Bonchev–Trinajstić information content (AvgIpc) is 2.39. The van der Waals surface area contributed by atoms with Gasteiger partial charge in [0.25, 0.3) is 0 Å². The second-order valence-electron chi connectivity index (χ2n) is 4.25. The van der Waals surface area contributed by atoms with Gasteiger partial charge in [-0.05, 0) is 26.6 Å². The van der Waals surface area contributed by atoms with E-state index in [2.05, 4.69) is 20.9 Å². The van der Waals surface area contributed by atoms with Crippen LogP contribution in [0, 0.1) is 0 Å². The highest BCUT2D eigenvalue weighted by Crippen LogP contribution is 1.90. The predicted molar refractivity (Wildman–Crippen MR) is 72.4 cm³/mol. The Hall–Kier alpha value is -1.14. The van der Waals surface area contributed by atoms with Crippen molar-refractivity contribution in [3.05, 3.63) is 0 Å². The van der Waals surface area contributed by atoms with Gasteiger partial charge in [-0.25, -0.2) is 0 Å². The highest BCUT2D eigenvalue weighted by molar-refractivity contribution is 5.75. The zero-order valence-electron chi connectivity index (χ0n) is 11.7. The Labute approximate surface area is 109 Å². The third kappa shape index (κ3) is 10.0. The summed E-state index contributed by atoms with van der Waals surface area (Å²) < 4.78 is 0. The number of hydrogen-bond donors (Lipinski definition) is 3. The fraction of sp³-hybridized carbons (Fsp3) is 0.833. The SMILES string of the molecule is CNC(=O)CCNCCCN(C)CCC(=O)NC. The number of carbonyl (C=O) groups excluding carboxylic acids is 2. The van der Waals surface area contributed by atoms with Crippen LogP contribution in [-0.2, 0) is 9.59 Å². The van der Waals surface area contributed by atoms with Crippen LogP contribution in [0.2, 0.25) is 0 Å². The molecule has 0 bridgehead atoms. The summed E-state index contributed by atoms with van der Waals surface area (Å²) in [5, 5.41) is 8.40. The molecule has 0 aromatic carbocycles. The fourth-order valence-corrected chi connectivity index (χ4v) is 1.46. The standard InChI is InChI=1S/C12H26N4O2/c1-13-11(17)5-8-15-7-4-9-16(3)10-6-12(18)14-2/h15H,4-10H2,1-3H3,(H,13,17)(H,14,18). The summed E-state index contributed by atoms with van der Waals surface area (Å²) in [6, 6.07) is 0. The van der Waals surface area contributed by atoms with E-state index in [1.807, 2.05) is 7.05 Å². The third-order valence-corrected chi connectivity index (χ3v) is 2.70. The first-order valence-corrected chi connectivity index (χ1v) is 6.40. The lowest BCUT2D eigenvalue weighted by molar-refractivity contribution is -0.121. The molecular formula is C12H26N4O2. The van der Waals surface area contributed by atoms with E-state index in [0.717, 1.165) is 26.1 Å². The van der Waals surface area contributed by atoms with E-state index in [4.69, 9.17) is 0 Å². The first-order valence-electron chi connectivity index (χ1n) is 6.40. The molecule has 0 unspecified atom stereocenters. The number of hydrogen-bond acceptors (Lipinski definition) is 4. The number of rotatable bonds is 10. The molecule has 6 heteroatoms. The summed E-state index contributed by atoms with van der Waals surface area (Å²) in [6.45, 7) is 3.32. The Morgan fingerprint density at radius 3 is 2.17 bits per heavy atom. The van der Waals surface area contributed by atoms with Crippen LogP contribution in [0.5, 0.6) is 0 Å². The van der Waals surface area contributed by atoms with E-state index in [0.29, 0.717) is 19.4 Å². The molecular weight excluding hydrogens is 232 g/mol. The van der Waals surface area contributed by atoms with Crippen molar-refractivity contribution in [1.82, 2.24) is 20.9 Å². The molecule has 0 aliphatic rings. The van der Waals surface area contributed by atoms with Gasteiger partial charge in [-0.3, -0.25) is 9.59 Å². The molecule has 18 heavy (non-hydrogen) atoms. The van der Waals surface area contributed by atoms with E-state index >= 15 is 0 Å². The van der Waals surface area contributed by atoms with Gasteiger partial charge in [-0.15, -0.1) is 0 Å². The van der Waals surface area contributed by atoms with Gasteiger partial charge in [0.2, 0.25) is 11.8 Å². The van der Waals surface area contributed by atoms with Crippen molar-refractivity contribution < 1.29 is 9.59 Å². The highest BCUT2D eigenvalue weighted by Gasteiger charge is 2.02. The normalized spacial score (nSPS) is 10.4. The van der Waals surface area contributed by atoms with Crippen molar-refractivity contribution in [1.29, 1.82) is 0 Å². The summed E-state index contributed by atoms with van der Waals surface area (Å²) in [5.41, 5.74) is 0. The van der Waals surface area contributed by atoms with E-state index in [1.165, 1.54) is 0 Å². The maximum Gasteiger partial charge on any atom is 0.221 e. The fourth-order valence-electron chi connectivity index (χ4n) is 1.46. The van der Waals surface area contributed by atoms with E-state index in [1.54, 1.807) is 14.1 Å². The molecule has 0 rings (SSSR count). The molecule has 0 aromatic heterocycles. The van der Waals surface area contributed by atoms with E-state index in [9.17, 15) is 9.59 Å². The molecule has 0 aromatic rings. The van der Waals surface area contributed by atoms with Gasteiger partial charge in [-0.1, -0.05) is 0 Å². The van der Waals surface area contributed by atoms with Crippen molar-refractivity contribution in [2.45, 2.75) is 19.3 Å². The lowest BCUT2D eigenvalue weighted by Crippen LogP contribution is -2.30. The number of nitrogens with one attached hydrogen (secondary N) is 3. The molecule has 0 saturated carbocycles. The summed E-state index contributed by atoms with van der Waals surface area (Å²) >= 11 is 0. The molecule has 106 valence electrons. The smallest absolute Gasteiger partial charge is 0.221 e. The van der Waals surface area contributed by atoms with E-state index in [-0.39, 0.29) is 11.8 Å². The minimum Gasteiger partial charge on any atom is -0.359 e. The van der Waals surface area contributed by atoms with Gasteiger partial charge < -0.3 is 20.9 Å². The van der Waals surface area contributed by atoms with Crippen LogP contribution in [0.4, 0.5) is 0 Å². The molecule has 0 fully saturated rings. The summed E-state index contributed by atoms with van der Waals surface area (Å²) in [4.78, 5) is 24.1. The third-order valence-electron chi connectivity index (χ3n) is 2.70.